The topological polar surface area (TPSA) is 51.2 Å². The van der Waals surface area contributed by atoms with E-state index < -0.39 is 6.10 Å². The Morgan fingerprint density at radius 1 is 1.32 bits per heavy atom. The van der Waals surface area contributed by atoms with Crippen molar-refractivity contribution in [3.8, 4) is 11.5 Å². The molecule has 1 saturated heterocycles. The summed E-state index contributed by atoms with van der Waals surface area (Å²) in [5.74, 6) is 1.61. The van der Waals surface area contributed by atoms with Crippen molar-refractivity contribution in [1.82, 2.24) is 4.90 Å². The van der Waals surface area contributed by atoms with Crippen molar-refractivity contribution in [1.29, 1.82) is 0 Å². The van der Waals surface area contributed by atoms with E-state index in [1.54, 1.807) is 7.11 Å². The van der Waals surface area contributed by atoms with Crippen LogP contribution in [0.4, 0.5) is 0 Å². The molecule has 0 amide bonds. The number of aliphatic hydroxyl groups excluding tert-OH is 1. The van der Waals surface area contributed by atoms with Gasteiger partial charge >= 0.3 is 0 Å². The van der Waals surface area contributed by atoms with E-state index in [1.807, 2.05) is 0 Å². The lowest BCUT2D eigenvalue weighted by atomic mass is 9.65. The first-order valence-corrected chi connectivity index (χ1v) is 7.79. The van der Waals surface area contributed by atoms with Crippen LogP contribution in [0.2, 0.25) is 0 Å². The monoisotopic (exact) mass is 301 g/mol. The zero-order chi connectivity index (χ0) is 14.9. The normalized spacial score (nSPS) is 40.5. The third kappa shape index (κ3) is 1.44. The van der Waals surface area contributed by atoms with E-state index in [2.05, 4.69) is 29.2 Å². The van der Waals surface area contributed by atoms with Gasteiger partial charge in [0, 0.05) is 26.2 Å². The summed E-state index contributed by atoms with van der Waals surface area (Å²) in [5, 5.41) is 10.8. The van der Waals surface area contributed by atoms with Gasteiger partial charge in [-0.1, -0.05) is 12.2 Å². The Labute approximate surface area is 129 Å². The Bertz CT molecular complexity index is 673. The van der Waals surface area contributed by atoms with Gasteiger partial charge in [-0.15, -0.1) is 0 Å². The van der Waals surface area contributed by atoms with Crippen LogP contribution in [0.1, 0.15) is 17.5 Å². The maximum absolute atomic E-state index is 10.8. The van der Waals surface area contributed by atoms with Gasteiger partial charge in [0.2, 0.25) is 6.79 Å². The van der Waals surface area contributed by atoms with E-state index in [-0.39, 0.29) is 24.4 Å². The average Bonchev–Trinajstić information content (AvgIpc) is 3.06. The molecule has 1 fully saturated rings. The van der Waals surface area contributed by atoms with Crippen molar-refractivity contribution in [3.05, 3.63) is 35.4 Å². The number of hydrogen-bond acceptors (Lipinski definition) is 5. The number of methoxy groups -OCH3 is 1. The van der Waals surface area contributed by atoms with Gasteiger partial charge < -0.3 is 19.3 Å². The van der Waals surface area contributed by atoms with Gasteiger partial charge in [-0.3, -0.25) is 4.90 Å². The van der Waals surface area contributed by atoms with Crippen LogP contribution in [-0.2, 0) is 16.7 Å². The first-order valence-electron chi connectivity index (χ1n) is 7.79. The van der Waals surface area contributed by atoms with Crippen molar-refractivity contribution in [3.63, 3.8) is 0 Å². The molecule has 2 bridgehead atoms. The predicted molar refractivity (Wildman–Crippen MR) is 79.0 cm³/mol. The van der Waals surface area contributed by atoms with Crippen molar-refractivity contribution in [2.45, 2.75) is 36.6 Å². The van der Waals surface area contributed by atoms with Gasteiger partial charge in [-0.05, 0) is 29.7 Å². The van der Waals surface area contributed by atoms with Crippen LogP contribution >= 0.6 is 0 Å². The Kier molecular flexibility index (Phi) is 2.50. The number of rotatable bonds is 1. The molecule has 5 nitrogen and oxygen atoms in total. The number of benzene rings is 1. The van der Waals surface area contributed by atoms with E-state index >= 15 is 0 Å². The van der Waals surface area contributed by atoms with E-state index in [0.717, 1.165) is 24.5 Å². The summed E-state index contributed by atoms with van der Waals surface area (Å²) < 4.78 is 16.6. The third-order valence-electron chi connectivity index (χ3n) is 5.73. The summed E-state index contributed by atoms with van der Waals surface area (Å²) in [7, 11) is 1.75. The largest absolute Gasteiger partial charge is 0.454 e. The van der Waals surface area contributed by atoms with Gasteiger partial charge in [0.15, 0.2) is 11.5 Å². The molecule has 3 aliphatic heterocycles. The molecule has 5 heteroatoms. The van der Waals surface area contributed by atoms with Gasteiger partial charge in [0.1, 0.15) is 0 Å². The van der Waals surface area contributed by atoms with E-state index in [9.17, 15) is 5.11 Å². The van der Waals surface area contributed by atoms with Crippen LogP contribution in [-0.4, -0.2) is 48.7 Å². The maximum atomic E-state index is 10.8. The highest BCUT2D eigenvalue weighted by Crippen LogP contribution is 2.53. The summed E-state index contributed by atoms with van der Waals surface area (Å²) >= 11 is 0. The Morgan fingerprint density at radius 3 is 2.95 bits per heavy atom. The molecule has 2 unspecified atom stereocenters. The third-order valence-corrected chi connectivity index (χ3v) is 5.73. The van der Waals surface area contributed by atoms with Crippen LogP contribution in [0.3, 0.4) is 0 Å². The second-order valence-electron chi connectivity index (χ2n) is 6.63. The smallest absolute Gasteiger partial charge is 0.231 e. The fourth-order valence-corrected chi connectivity index (χ4v) is 4.69. The van der Waals surface area contributed by atoms with Crippen LogP contribution in [0.5, 0.6) is 11.5 Å². The summed E-state index contributed by atoms with van der Waals surface area (Å²) in [6.45, 7) is 1.83. The van der Waals surface area contributed by atoms with Crippen LogP contribution < -0.4 is 9.47 Å². The van der Waals surface area contributed by atoms with Gasteiger partial charge in [0.05, 0.1) is 17.6 Å². The minimum Gasteiger partial charge on any atom is -0.454 e. The van der Waals surface area contributed by atoms with Crippen molar-refractivity contribution >= 4 is 0 Å². The Balaban J connectivity index is 1.72. The number of fused-ring (bicyclic) bond motifs is 2. The molecule has 1 aromatic carbocycles. The molecule has 5 rings (SSSR count). The first kappa shape index (κ1) is 12.9. The molecule has 5 atom stereocenters. The van der Waals surface area contributed by atoms with Crippen LogP contribution in [0.15, 0.2) is 24.3 Å². The minimum absolute atomic E-state index is 0.126. The molecular weight excluding hydrogens is 282 g/mol. The van der Waals surface area contributed by atoms with Crippen molar-refractivity contribution < 1.29 is 19.3 Å². The quantitative estimate of drug-likeness (QED) is 0.790. The summed E-state index contributed by atoms with van der Waals surface area (Å²) in [6, 6.07) is 4.44. The maximum Gasteiger partial charge on any atom is 0.231 e. The molecule has 1 aliphatic carbocycles. The highest BCUT2D eigenvalue weighted by molar-refractivity contribution is 5.56. The summed E-state index contributed by atoms with van der Waals surface area (Å²) in [4.78, 5) is 2.38. The standard InChI is InChI=1S/C17H19NO4/c1-20-11-2-3-17-12-6-14-13(21-9-22-14)4-10(12)7-18(8-16(17)19)15(17)5-11/h2-4,6,11,15-16,19H,5,7-9H2,1H3/t11?,15-,16+,17+/m0/s1. The SMILES string of the molecule is COC1C=C[C@]23c4cc5c(cc4CN(C[C@H]2O)[C@H]3C1)OCO5. The van der Waals surface area contributed by atoms with Crippen LogP contribution in [0.25, 0.3) is 0 Å². The van der Waals surface area contributed by atoms with Gasteiger partial charge in [-0.25, -0.2) is 0 Å². The fourth-order valence-electron chi connectivity index (χ4n) is 4.69. The highest BCUT2D eigenvalue weighted by atomic mass is 16.7. The lowest BCUT2D eigenvalue weighted by molar-refractivity contribution is 0.0660. The number of aliphatic hydroxyl groups is 1. The Morgan fingerprint density at radius 2 is 2.14 bits per heavy atom. The van der Waals surface area contributed by atoms with E-state index in [0.29, 0.717) is 6.54 Å². The molecule has 22 heavy (non-hydrogen) atoms. The van der Waals surface area contributed by atoms with Gasteiger partial charge in [-0.2, -0.15) is 0 Å². The minimum atomic E-state index is -0.395. The summed E-state index contributed by atoms with van der Waals surface area (Å²) in [5.41, 5.74) is 2.08. The highest BCUT2D eigenvalue weighted by Gasteiger charge is 2.58. The predicted octanol–water partition coefficient (Wildman–Crippen LogP) is 1.19. The molecule has 1 N–H and O–H groups in total. The zero-order valence-corrected chi connectivity index (χ0v) is 12.5. The molecular formula is C17H19NO4. The van der Waals surface area contributed by atoms with Crippen LogP contribution in [0, 0.1) is 0 Å². The lowest BCUT2D eigenvalue weighted by Crippen LogP contribution is -2.52. The molecule has 116 valence electrons. The number of hydrogen-bond donors (Lipinski definition) is 1. The second-order valence-corrected chi connectivity index (χ2v) is 6.63. The van der Waals surface area contributed by atoms with Crippen molar-refractivity contribution in [2.24, 2.45) is 0 Å². The number of ether oxygens (including phenoxy) is 3. The first-order chi connectivity index (χ1) is 10.7. The Hall–Kier alpha value is -1.56. The second kappa shape index (κ2) is 4.25. The van der Waals surface area contributed by atoms with E-state index in [4.69, 9.17) is 14.2 Å². The van der Waals surface area contributed by atoms with E-state index in [1.165, 1.54) is 11.1 Å². The van der Waals surface area contributed by atoms with Gasteiger partial charge in [0.25, 0.3) is 0 Å². The average molecular weight is 301 g/mol. The molecule has 0 saturated carbocycles. The molecule has 0 aromatic heterocycles. The molecule has 0 radical (unpaired) electrons. The zero-order valence-electron chi connectivity index (χ0n) is 12.5. The molecule has 0 spiro atoms. The summed E-state index contributed by atoms with van der Waals surface area (Å²) in [6.07, 6.45) is 4.91. The molecule has 4 aliphatic rings. The number of nitrogens with zero attached hydrogens (tertiary/aromatic N) is 1. The fraction of sp³-hybridized carbons (Fsp3) is 0.529. The lowest BCUT2D eigenvalue weighted by Gasteiger charge is -2.46. The molecule has 1 aromatic rings. The van der Waals surface area contributed by atoms with Crippen molar-refractivity contribution in [2.75, 3.05) is 20.4 Å². The molecule has 3 heterocycles.